The third kappa shape index (κ3) is 5.66. The maximum atomic E-state index is 11.2. The summed E-state index contributed by atoms with van der Waals surface area (Å²) in [5, 5.41) is 0. The number of hydrogen-bond acceptors (Lipinski definition) is 2. The van der Waals surface area contributed by atoms with Crippen LogP contribution in [0.15, 0.2) is 30.3 Å². The molecule has 0 fully saturated rings. The molecule has 2 nitrogen and oxygen atoms in total. The Balaban J connectivity index is 2.10. The minimum absolute atomic E-state index is 0.549. The predicted octanol–water partition coefficient (Wildman–Crippen LogP) is 3.79. The van der Waals surface area contributed by atoms with E-state index < -0.39 is 8.03 Å². The summed E-state index contributed by atoms with van der Waals surface area (Å²) in [6, 6.07) is 10.4. The topological polar surface area (TPSA) is 26.3 Å². The molecule has 0 aliphatic rings. The van der Waals surface area contributed by atoms with Gasteiger partial charge in [0, 0.05) is 0 Å². The van der Waals surface area contributed by atoms with Gasteiger partial charge in [-0.05, 0) is 36.3 Å². The molecule has 1 rings (SSSR count). The van der Waals surface area contributed by atoms with E-state index in [1.165, 1.54) is 5.56 Å². The highest BCUT2D eigenvalue weighted by atomic mass is 31.1. The first-order valence-electron chi connectivity index (χ1n) is 5.44. The fourth-order valence-corrected chi connectivity index (χ4v) is 2.32. The van der Waals surface area contributed by atoms with Crippen LogP contribution in [0.1, 0.15) is 25.3 Å². The van der Waals surface area contributed by atoms with Crippen molar-refractivity contribution in [3.63, 3.8) is 0 Å². The lowest BCUT2D eigenvalue weighted by Gasteiger charge is -1.97. The second kappa shape index (κ2) is 7.56. The van der Waals surface area contributed by atoms with E-state index in [0.717, 1.165) is 19.3 Å². The average molecular weight is 225 g/mol. The first-order chi connectivity index (χ1) is 7.33. The van der Waals surface area contributed by atoms with E-state index in [1.807, 2.05) is 13.0 Å². The van der Waals surface area contributed by atoms with Crippen molar-refractivity contribution in [1.82, 2.24) is 0 Å². The van der Waals surface area contributed by atoms with Crippen LogP contribution in [0.3, 0.4) is 0 Å². The third-order valence-electron chi connectivity index (χ3n) is 2.17. The van der Waals surface area contributed by atoms with Crippen LogP contribution in [-0.2, 0) is 15.5 Å². The molecule has 1 aromatic rings. The second-order valence-electron chi connectivity index (χ2n) is 3.42. The minimum atomic E-state index is -1.41. The van der Waals surface area contributed by atoms with Gasteiger partial charge in [0.1, 0.15) is 0 Å². The maximum Gasteiger partial charge on any atom is 0.508 e. The van der Waals surface area contributed by atoms with Gasteiger partial charge in [0.15, 0.2) is 6.16 Å². The van der Waals surface area contributed by atoms with Gasteiger partial charge in [0.25, 0.3) is 0 Å². The highest BCUT2D eigenvalue weighted by Gasteiger charge is 2.14. The highest BCUT2D eigenvalue weighted by molar-refractivity contribution is 7.39. The van der Waals surface area contributed by atoms with Crippen LogP contribution in [0.25, 0.3) is 0 Å². The van der Waals surface area contributed by atoms with Crippen LogP contribution < -0.4 is 0 Å². The molecule has 1 aromatic carbocycles. The molecule has 15 heavy (non-hydrogen) atoms. The van der Waals surface area contributed by atoms with E-state index in [9.17, 15) is 4.57 Å². The Morgan fingerprint density at radius 3 is 2.60 bits per heavy atom. The second-order valence-corrected chi connectivity index (χ2v) is 4.79. The molecule has 0 spiro atoms. The largest absolute Gasteiger partial charge is 0.508 e. The first kappa shape index (κ1) is 12.4. The SMILES string of the molecule is CCO[P+](=O)CCCCc1ccccc1. The molecule has 82 valence electrons. The van der Waals surface area contributed by atoms with Crippen LogP contribution in [0.2, 0.25) is 0 Å². The standard InChI is InChI=1S/C12H18O2P/c1-2-14-15(13)11-7-6-10-12-8-4-3-5-9-12/h3-5,8-9H,2,6-7,10-11H2,1H3/q+1. The first-order valence-corrected chi connectivity index (χ1v) is 6.80. The summed E-state index contributed by atoms with van der Waals surface area (Å²) < 4.78 is 16.2. The van der Waals surface area contributed by atoms with Gasteiger partial charge >= 0.3 is 8.03 Å². The Morgan fingerprint density at radius 1 is 1.20 bits per heavy atom. The molecule has 3 heteroatoms. The van der Waals surface area contributed by atoms with Crippen molar-refractivity contribution >= 4 is 8.03 Å². The molecule has 0 amide bonds. The smallest absolute Gasteiger partial charge is 0.147 e. The van der Waals surface area contributed by atoms with Crippen molar-refractivity contribution in [3.8, 4) is 0 Å². The zero-order valence-corrected chi connectivity index (χ0v) is 10.1. The summed E-state index contributed by atoms with van der Waals surface area (Å²) in [5.74, 6) is 0. The van der Waals surface area contributed by atoms with Crippen LogP contribution in [0.4, 0.5) is 0 Å². The third-order valence-corrected chi connectivity index (χ3v) is 3.40. The molecular formula is C12H18O2P+. The van der Waals surface area contributed by atoms with Gasteiger partial charge in [-0.1, -0.05) is 30.3 Å². The van der Waals surface area contributed by atoms with Crippen LogP contribution in [0.5, 0.6) is 0 Å². The lowest BCUT2D eigenvalue weighted by Crippen LogP contribution is -1.88. The van der Waals surface area contributed by atoms with Gasteiger partial charge in [-0.2, -0.15) is 0 Å². The summed E-state index contributed by atoms with van der Waals surface area (Å²) in [6.45, 7) is 2.42. The van der Waals surface area contributed by atoms with Crippen LogP contribution in [-0.4, -0.2) is 12.8 Å². The molecule has 0 saturated heterocycles. The zero-order valence-electron chi connectivity index (χ0n) is 9.19. The van der Waals surface area contributed by atoms with Crippen molar-refractivity contribution < 1.29 is 9.09 Å². The average Bonchev–Trinajstić information content (AvgIpc) is 2.26. The molecule has 0 N–H and O–H groups in total. The highest BCUT2D eigenvalue weighted by Crippen LogP contribution is 2.23. The summed E-state index contributed by atoms with van der Waals surface area (Å²) >= 11 is 0. The van der Waals surface area contributed by atoms with Crippen molar-refractivity contribution in [2.24, 2.45) is 0 Å². The fraction of sp³-hybridized carbons (Fsp3) is 0.500. The number of aryl methyl sites for hydroxylation is 1. The Kier molecular flexibility index (Phi) is 6.22. The molecule has 0 bridgehead atoms. The zero-order chi connectivity index (χ0) is 10.9. The summed E-state index contributed by atoms with van der Waals surface area (Å²) in [7, 11) is -1.41. The van der Waals surface area contributed by atoms with Crippen LogP contribution in [0, 0.1) is 0 Å². The minimum Gasteiger partial charge on any atom is -0.147 e. The van der Waals surface area contributed by atoms with Crippen molar-refractivity contribution in [2.75, 3.05) is 12.8 Å². The lowest BCUT2D eigenvalue weighted by molar-refractivity contribution is 0.349. The Morgan fingerprint density at radius 2 is 1.93 bits per heavy atom. The van der Waals surface area contributed by atoms with Crippen molar-refractivity contribution in [3.05, 3.63) is 35.9 Å². The van der Waals surface area contributed by atoms with Crippen molar-refractivity contribution in [1.29, 1.82) is 0 Å². The van der Waals surface area contributed by atoms with Crippen LogP contribution >= 0.6 is 8.03 Å². The van der Waals surface area contributed by atoms with E-state index in [2.05, 4.69) is 24.3 Å². The van der Waals surface area contributed by atoms with E-state index in [1.54, 1.807) is 0 Å². The number of rotatable bonds is 7. The van der Waals surface area contributed by atoms with E-state index in [0.29, 0.717) is 12.8 Å². The summed E-state index contributed by atoms with van der Waals surface area (Å²) in [4.78, 5) is 0. The molecule has 0 saturated carbocycles. The van der Waals surface area contributed by atoms with Gasteiger partial charge in [-0.25, -0.2) is 0 Å². The van der Waals surface area contributed by atoms with E-state index in [4.69, 9.17) is 4.52 Å². The number of hydrogen-bond donors (Lipinski definition) is 0. The van der Waals surface area contributed by atoms with Gasteiger partial charge in [-0.3, -0.25) is 0 Å². The number of unbranched alkanes of at least 4 members (excludes halogenated alkanes) is 1. The van der Waals surface area contributed by atoms with Gasteiger partial charge < -0.3 is 0 Å². The molecular weight excluding hydrogens is 207 g/mol. The fourth-order valence-electron chi connectivity index (χ4n) is 1.42. The van der Waals surface area contributed by atoms with Gasteiger partial charge in [0.2, 0.25) is 0 Å². The van der Waals surface area contributed by atoms with Gasteiger partial charge in [0.05, 0.1) is 6.61 Å². The Bertz CT molecular complexity index is 285. The molecule has 1 unspecified atom stereocenters. The summed E-state index contributed by atoms with van der Waals surface area (Å²) in [6.07, 6.45) is 3.81. The van der Waals surface area contributed by atoms with Gasteiger partial charge in [-0.15, -0.1) is 4.52 Å². The normalized spacial score (nSPS) is 11.4. The molecule has 1 atom stereocenters. The number of benzene rings is 1. The molecule has 0 radical (unpaired) electrons. The van der Waals surface area contributed by atoms with E-state index >= 15 is 0 Å². The van der Waals surface area contributed by atoms with E-state index in [-0.39, 0.29) is 0 Å². The molecule has 0 aliphatic carbocycles. The monoisotopic (exact) mass is 225 g/mol. The Hall–Kier alpha value is -0.720. The quantitative estimate of drug-likeness (QED) is 0.521. The molecule has 0 aliphatic heterocycles. The Labute approximate surface area is 92.5 Å². The molecule has 0 aromatic heterocycles. The predicted molar refractivity (Wildman–Crippen MR) is 63.5 cm³/mol. The lowest BCUT2D eigenvalue weighted by atomic mass is 10.1. The molecule has 0 heterocycles. The summed E-state index contributed by atoms with van der Waals surface area (Å²) in [5.41, 5.74) is 1.35. The van der Waals surface area contributed by atoms with Crippen molar-refractivity contribution in [2.45, 2.75) is 26.2 Å². The maximum absolute atomic E-state index is 11.2.